The Balaban J connectivity index is 1.99. The van der Waals surface area contributed by atoms with Crippen molar-refractivity contribution in [1.82, 2.24) is 0 Å². The van der Waals surface area contributed by atoms with Crippen LogP contribution in [0.4, 0.5) is 5.00 Å². The number of hydrogen-bond acceptors (Lipinski definition) is 4. The van der Waals surface area contributed by atoms with E-state index < -0.39 is 5.97 Å². The molecule has 0 fully saturated rings. The normalized spacial score (nSPS) is 10.8. The highest BCUT2D eigenvalue weighted by molar-refractivity contribution is 9.10. The third kappa shape index (κ3) is 4.77. The summed E-state index contributed by atoms with van der Waals surface area (Å²) in [5.74, 6) is -0.305. The van der Waals surface area contributed by atoms with E-state index in [4.69, 9.17) is 4.74 Å². The molecule has 0 radical (unpaired) electrons. The molecule has 1 aromatic heterocycles. The number of thiophene rings is 1. The first-order chi connectivity index (χ1) is 13.9. The maximum atomic E-state index is 12.7. The van der Waals surface area contributed by atoms with Crippen molar-refractivity contribution in [2.75, 3.05) is 11.9 Å². The Morgan fingerprint density at radius 3 is 2.41 bits per heavy atom. The van der Waals surface area contributed by atoms with Gasteiger partial charge < -0.3 is 10.1 Å². The molecule has 4 nitrogen and oxygen atoms in total. The van der Waals surface area contributed by atoms with Gasteiger partial charge in [-0.25, -0.2) is 4.79 Å². The highest BCUT2D eigenvalue weighted by Gasteiger charge is 2.23. The molecule has 0 unspecified atom stereocenters. The average molecular weight is 472 g/mol. The Hall–Kier alpha value is -2.44. The fraction of sp³-hybridized carbons (Fsp3) is 0.217. The summed E-state index contributed by atoms with van der Waals surface area (Å²) in [4.78, 5) is 25.5. The molecule has 0 aliphatic carbocycles. The van der Waals surface area contributed by atoms with E-state index >= 15 is 0 Å². The van der Waals surface area contributed by atoms with Crippen LogP contribution < -0.4 is 5.32 Å². The fourth-order valence-electron chi connectivity index (χ4n) is 2.93. The zero-order valence-electron chi connectivity index (χ0n) is 16.5. The van der Waals surface area contributed by atoms with Gasteiger partial charge in [-0.3, -0.25) is 4.79 Å². The largest absolute Gasteiger partial charge is 0.462 e. The number of halogens is 1. The predicted octanol–water partition coefficient (Wildman–Crippen LogP) is 6.73. The molecular formula is C23H22BrNO3S. The average Bonchev–Trinajstić information content (AvgIpc) is 3.12. The Kier molecular flexibility index (Phi) is 6.87. The second kappa shape index (κ2) is 9.37. The summed E-state index contributed by atoms with van der Waals surface area (Å²) in [6, 6.07) is 15.3. The van der Waals surface area contributed by atoms with Crippen molar-refractivity contribution in [2.45, 2.75) is 26.7 Å². The van der Waals surface area contributed by atoms with E-state index in [9.17, 15) is 9.59 Å². The van der Waals surface area contributed by atoms with Gasteiger partial charge in [0.2, 0.25) is 0 Å². The summed E-state index contributed by atoms with van der Waals surface area (Å²) < 4.78 is 5.96. The minimum atomic E-state index is -0.445. The van der Waals surface area contributed by atoms with Crippen LogP contribution in [0, 0.1) is 0 Å². The molecule has 0 atom stereocenters. The van der Waals surface area contributed by atoms with Crippen LogP contribution in [0.3, 0.4) is 0 Å². The molecule has 0 spiro atoms. The molecular weight excluding hydrogens is 450 g/mol. The third-order valence-electron chi connectivity index (χ3n) is 4.50. The molecule has 0 aliphatic heterocycles. The van der Waals surface area contributed by atoms with Gasteiger partial charge in [0.15, 0.2) is 0 Å². The van der Waals surface area contributed by atoms with E-state index in [1.54, 1.807) is 25.1 Å². The quantitative estimate of drug-likeness (QED) is 0.405. The third-order valence-corrected chi connectivity index (χ3v) is 6.09. The molecule has 0 saturated heterocycles. The summed E-state index contributed by atoms with van der Waals surface area (Å²) in [7, 11) is 0. The van der Waals surface area contributed by atoms with Gasteiger partial charge in [0.1, 0.15) is 10.6 Å². The molecule has 1 amide bonds. The minimum Gasteiger partial charge on any atom is -0.462 e. The molecule has 0 bridgehead atoms. The summed E-state index contributed by atoms with van der Waals surface area (Å²) in [6.07, 6.45) is 0. The second-order valence-electron chi connectivity index (χ2n) is 6.78. The molecule has 1 N–H and O–H groups in total. The Bertz CT molecular complexity index is 1020. The first-order valence-electron chi connectivity index (χ1n) is 9.37. The van der Waals surface area contributed by atoms with Gasteiger partial charge in [0.05, 0.1) is 12.2 Å². The number of hydrogen-bond donors (Lipinski definition) is 1. The van der Waals surface area contributed by atoms with Crippen molar-refractivity contribution < 1.29 is 14.3 Å². The van der Waals surface area contributed by atoms with Crippen molar-refractivity contribution in [3.05, 3.63) is 75.1 Å². The molecule has 0 aliphatic rings. The molecule has 2 aromatic carbocycles. The van der Waals surface area contributed by atoms with Crippen LogP contribution in [0.25, 0.3) is 11.1 Å². The second-order valence-corrected chi connectivity index (χ2v) is 8.52. The topological polar surface area (TPSA) is 55.4 Å². The molecule has 150 valence electrons. The van der Waals surface area contributed by atoms with Gasteiger partial charge in [0.25, 0.3) is 5.91 Å². The maximum absolute atomic E-state index is 12.7. The molecule has 1 heterocycles. The summed E-state index contributed by atoms with van der Waals surface area (Å²) in [6.45, 7) is 6.30. The van der Waals surface area contributed by atoms with Crippen LogP contribution in [0.15, 0.2) is 58.4 Å². The minimum absolute atomic E-state index is 0.262. The fourth-order valence-corrected chi connectivity index (χ4v) is 4.35. The lowest BCUT2D eigenvalue weighted by Gasteiger charge is -2.10. The number of carbonyl (C=O) groups excluding carboxylic acids is 2. The van der Waals surface area contributed by atoms with Crippen molar-refractivity contribution >= 4 is 44.1 Å². The van der Waals surface area contributed by atoms with Gasteiger partial charge in [0, 0.05) is 15.4 Å². The van der Waals surface area contributed by atoms with E-state index in [0.29, 0.717) is 26.5 Å². The van der Waals surface area contributed by atoms with Crippen molar-refractivity contribution in [2.24, 2.45) is 0 Å². The lowest BCUT2D eigenvalue weighted by atomic mass is 9.98. The SMILES string of the molecule is CCOC(=O)c1c(-c2ccc(C(C)C)cc2)csc1NC(=O)c1ccccc1Br. The lowest BCUT2D eigenvalue weighted by Crippen LogP contribution is -2.15. The van der Waals surface area contributed by atoms with Crippen LogP contribution in [0.5, 0.6) is 0 Å². The number of amides is 1. The molecule has 3 rings (SSSR count). The Morgan fingerprint density at radius 2 is 1.79 bits per heavy atom. The number of ether oxygens (including phenoxy) is 1. The Labute approximate surface area is 183 Å². The molecule has 29 heavy (non-hydrogen) atoms. The zero-order chi connectivity index (χ0) is 21.0. The van der Waals surface area contributed by atoms with E-state index in [1.807, 2.05) is 23.6 Å². The van der Waals surface area contributed by atoms with E-state index in [2.05, 4.69) is 47.2 Å². The smallest absolute Gasteiger partial charge is 0.341 e. The maximum Gasteiger partial charge on any atom is 0.341 e. The summed E-state index contributed by atoms with van der Waals surface area (Å²) in [5.41, 5.74) is 3.78. The number of nitrogens with one attached hydrogen (secondary N) is 1. The Morgan fingerprint density at radius 1 is 1.10 bits per heavy atom. The summed E-state index contributed by atoms with van der Waals surface area (Å²) >= 11 is 4.71. The van der Waals surface area contributed by atoms with Crippen molar-refractivity contribution in [3.8, 4) is 11.1 Å². The van der Waals surface area contributed by atoms with Gasteiger partial charge in [-0.05, 0) is 52.0 Å². The molecule has 6 heteroatoms. The first kappa shape index (κ1) is 21.3. The van der Waals surface area contributed by atoms with E-state index in [0.717, 1.165) is 11.1 Å². The van der Waals surface area contributed by atoms with Crippen LogP contribution >= 0.6 is 27.3 Å². The zero-order valence-corrected chi connectivity index (χ0v) is 18.9. The highest BCUT2D eigenvalue weighted by Crippen LogP contribution is 2.37. The number of rotatable bonds is 6. The summed E-state index contributed by atoms with van der Waals surface area (Å²) in [5, 5.41) is 5.24. The van der Waals surface area contributed by atoms with Gasteiger partial charge in [-0.1, -0.05) is 50.2 Å². The van der Waals surface area contributed by atoms with E-state index in [-0.39, 0.29) is 12.5 Å². The van der Waals surface area contributed by atoms with Crippen LogP contribution in [-0.2, 0) is 4.74 Å². The predicted molar refractivity (Wildman–Crippen MR) is 122 cm³/mol. The van der Waals surface area contributed by atoms with Gasteiger partial charge in [-0.15, -0.1) is 11.3 Å². The number of benzene rings is 2. The van der Waals surface area contributed by atoms with E-state index in [1.165, 1.54) is 16.9 Å². The van der Waals surface area contributed by atoms with Crippen LogP contribution in [-0.4, -0.2) is 18.5 Å². The lowest BCUT2D eigenvalue weighted by molar-refractivity contribution is 0.0529. The molecule has 3 aromatic rings. The molecule has 0 saturated carbocycles. The standard InChI is InChI=1S/C23H22BrNO3S/c1-4-28-23(27)20-18(16-11-9-15(10-12-16)14(2)3)13-29-22(20)25-21(26)17-7-5-6-8-19(17)24/h5-14H,4H2,1-3H3,(H,25,26). The van der Waals surface area contributed by atoms with Crippen molar-refractivity contribution in [3.63, 3.8) is 0 Å². The monoisotopic (exact) mass is 471 g/mol. The first-order valence-corrected chi connectivity index (χ1v) is 11.0. The van der Waals surface area contributed by atoms with Crippen LogP contribution in [0.2, 0.25) is 0 Å². The number of anilines is 1. The van der Waals surface area contributed by atoms with Crippen LogP contribution in [0.1, 0.15) is 53.0 Å². The van der Waals surface area contributed by atoms with Crippen molar-refractivity contribution in [1.29, 1.82) is 0 Å². The number of esters is 1. The van der Waals surface area contributed by atoms with Gasteiger partial charge in [-0.2, -0.15) is 0 Å². The van der Waals surface area contributed by atoms with Gasteiger partial charge >= 0.3 is 5.97 Å². The highest BCUT2D eigenvalue weighted by atomic mass is 79.9. The number of carbonyl (C=O) groups is 2.